The van der Waals surface area contributed by atoms with E-state index in [-0.39, 0.29) is 12.5 Å². The van der Waals surface area contributed by atoms with Crippen LogP contribution in [-0.2, 0) is 11.3 Å². The first-order chi connectivity index (χ1) is 10.5. The molecule has 2 aromatic heterocycles. The molecule has 7 heteroatoms. The average Bonchev–Trinajstić information content (AvgIpc) is 2.80. The summed E-state index contributed by atoms with van der Waals surface area (Å²) in [5, 5.41) is 8.10. The Morgan fingerprint density at radius 3 is 2.82 bits per heavy atom. The van der Waals surface area contributed by atoms with Crippen molar-refractivity contribution in [2.75, 3.05) is 5.32 Å². The van der Waals surface area contributed by atoms with Gasteiger partial charge in [-0.2, -0.15) is 5.10 Å². The van der Waals surface area contributed by atoms with Gasteiger partial charge in [-0.25, -0.2) is 0 Å². The SMILES string of the molecule is Cc1nn(CC(=O)Nc2ccc(Br)c3cccnc23)cc1Br. The van der Waals surface area contributed by atoms with E-state index in [0.29, 0.717) is 5.69 Å². The van der Waals surface area contributed by atoms with Crippen molar-refractivity contribution in [1.82, 2.24) is 14.8 Å². The smallest absolute Gasteiger partial charge is 0.246 e. The number of aromatic nitrogens is 3. The average molecular weight is 424 g/mol. The van der Waals surface area contributed by atoms with Crippen LogP contribution in [0.4, 0.5) is 5.69 Å². The molecule has 112 valence electrons. The minimum Gasteiger partial charge on any atom is -0.323 e. The first-order valence-corrected chi connectivity index (χ1v) is 8.16. The Morgan fingerprint density at radius 1 is 1.27 bits per heavy atom. The summed E-state index contributed by atoms with van der Waals surface area (Å²) in [6.07, 6.45) is 3.49. The van der Waals surface area contributed by atoms with Crippen LogP contribution >= 0.6 is 31.9 Å². The molecule has 0 bridgehead atoms. The van der Waals surface area contributed by atoms with E-state index in [4.69, 9.17) is 0 Å². The third kappa shape index (κ3) is 3.05. The zero-order chi connectivity index (χ0) is 15.7. The minimum absolute atomic E-state index is 0.149. The van der Waals surface area contributed by atoms with Crippen molar-refractivity contribution in [1.29, 1.82) is 0 Å². The third-order valence-electron chi connectivity index (χ3n) is 3.18. The standard InChI is InChI=1S/C15H12Br2N4O/c1-9-12(17)7-21(20-9)8-14(22)19-13-5-4-11(16)10-3-2-6-18-15(10)13/h2-7H,8H2,1H3,(H,19,22). The number of nitrogens with one attached hydrogen (secondary N) is 1. The number of hydrogen-bond acceptors (Lipinski definition) is 3. The van der Waals surface area contributed by atoms with Crippen LogP contribution in [0.3, 0.4) is 0 Å². The Labute approximate surface area is 144 Å². The molecule has 0 saturated heterocycles. The predicted molar refractivity (Wildman–Crippen MR) is 92.7 cm³/mol. The fourth-order valence-electron chi connectivity index (χ4n) is 2.15. The highest BCUT2D eigenvalue weighted by Crippen LogP contribution is 2.28. The van der Waals surface area contributed by atoms with Gasteiger partial charge in [-0.3, -0.25) is 14.5 Å². The summed E-state index contributed by atoms with van der Waals surface area (Å²) < 4.78 is 3.43. The minimum atomic E-state index is -0.149. The maximum absolute atomic E-state index is 12.2. The number of anilines is 1. The van der Waals surface area contributed by atoms with E-state index >= 15 is 0 Å². The highest BCUT2D eigenvalue weighted by Gasteiger charge is 2.10. The van der Waals surface area contributed by atoms with Crippen LogP contribution in [0.15, 0.2) is 45.6 Å². The van der Waals surface area contributed by atoms with Crippen LogP contribution in [0.5, 0.6) is 0 Å². The molecule has 0 atom stereocenters. The molecule has 22 heavy (non-hydrogen) atoms. The molecule has 0 fully saturated rings. The number of carbonyl (C=O) groups excluding carboxylic acids is 1. The van der Waals surface area contributed by atoms with Gasteiger partial charge in [0.2, 0.25) is 5.91 Å². The Kier molecular flexibility index (Phi) is 4.26. The Bertz CT molecular complexity index is 840. The molecule has 0 radical (unpaired) electrons. The molecule has 1 aromatic carbocycles. The van der Waals surface area contributed by atoms with Gasteiger partial charge in [0, 0.05) is 22.3 Å². The summed E-state index contributed by atoms with van der Waals surface area (Å²) in [7, 11) is 0. The molecule has 1 amide bonds. The molecular weight excluding hydrogens is 412 g/mol. The predicted octanol–water partition coefficient (Wildman–Crippen LogP) is 3.90. The quantitative estimate of drug-likeness (QED) is 0.694. The van der Waals surface area contributed by atoms with Gasteiger partial charge in [0.25, 0.3) is 0 Å². The Balaban J connectivity index is 1.84. The van der Waals surface area contributed by atoms with Crippen LogP contribution in [0.2, 0.25) is 0 Å². The summed E-state index contributed by atoms with van der Waals surface area (Å²) >= 11 is 6.87. The number of fused-ring (bicyclic) bond motifs is 1. The third-order valence-corrected chi connectivity index (χ3v) is 4.65. The fraction of sp³-hybridized carbons (Fsp3) is 0.133. The second-order valence-electron chi connectivity index (χ2n) is 4.80. The van der Waals surface area contributed by atoms with Crippen LogP contribution in [0.1, 0.15) is 5.69 Å². The second-order valence-corrected chi connectivity index (χ2v) is 6.51. The molecule has 0 aliphatic rings. The van der Waals surface area contributed by atoms with Crippen molar-refractivity contribution in [3.8, 4) is 0 Å². The number of rotatable bonds is 3. The first kappa shape index (κ1) is 15.2. The van der Waals surface area contributed by atoms with E-state index in [2.05, 4.69) is 47.3 Å². The highest BCUT2D eigenvalue weighted by molar-refractivity contribution is 9.11. The van der Waals surface area contributed by atoms with Gasteiger partial charge in [-0.15, -0.1) is 0 Å². The van der Waals surface area contributed by atoms with Gasteiger partial charge in [0.1, 0.15) is 6.54 Å². The number of hydrogen-bond donors (Lipinski definition) is 1. The first-order valence-electron chi connectivity index (χ1n) is 6.57. The van der Waals surface area contributed by atoms with Crippen molar-refractivity contribution in [3.63, 3.8) is 0 Å². The van der Waals surface area contributed by atoms with E-state index in [0.717, 1.165) is 25.5 Å². The normalized spacial score (nSPS) is 10.9. The number of halogens is 2. The summed E-state index contributed by atoms with van der Waals surface area (Å²) in [5.74, 6) is -0.149. The van der Waals surface area contributed by atoms with Crippen LogP contribution in [0, 0.1) is 6.92 Å². The fourth-order valence-corrected chi connectivity index (χ4v) is 2.92. The maximum atomic E-state index is 12.2. The largest absolute Gasteiger partial charge is 0.323 e. The van der Waals surface area contributed by atoms with Crippen LogP contribution in [-0.4, -0.2) is 20.7 Å². The van der Waals surface area contributed by atoms with E-state index in [1.807, 2.05) is 31.2 Å². The van der Waals surface area contributed by atoms with Gasteiger partial charge < -0.3 is 5.32 Å². The zero-order valence-corrected chi connectivity index (χ0v) is 14.8. The van der Waals surface area contributed by atoms with E-state index < -0.39 is 0 Å². The van der Waals surface area contributed by atoms with E-state index in [1.165, 1.54) is 0 Å². The van der Waals surface area contributed by atoms with Crippen molar-refractivity contribution >= 4 is 54.4 Å². The molecule has 1 N–H and O–H groups in total. The van der Waals surface area contributed by atoms with Crippen molar-refractivity contribution in [2.24, 2.45) is 0 Å². The van der Waals surface area contributed by atoms with Crippen molar-refractivity contribution in [3.05, 3.63) is 51.3 Å². The van der Waals surface area contributed by atoms with Gasteiger partial charge in [-0.1, -0.05) is 22.0 Å². The Hall–Kier alpha value is -1.73. The number of carbonyl (C=O) groups is 1. The lowest BCUT2D eigenvalue weighted by Gasteiger charge is -2.09. The molecule has 3 aromatic rings. The topological polar surface area (TPSA) is 59.8 Å². The van der Waals surface area contributed by atoms with Gasteiger partial charge >= 0.3 is 0 Å². The molecule has 0 aliphatic carbocycles. The number of nitrogens with zero attached hydrogens (tertiary/aromatic N) is 3. The summed E-state index contributed by atoms with van der Waals surface area (Å²) in [4.78, 5) is 16.5. The molecule has 0 aliphatic heterocycles. The number of aryl methyl sites for hydroxylation is 1. The van der Waals surface area contributed by atoms with E-state index in [9.17, 15) is 4.79 Å². The lowest BCUT2D eigenvalue weighted by Crippen LogP contribution is -2.19. The van der Waals surface area contributed by atoms with Gasteiger partial charge in [-0.05, 0) is 41.1 Å². The molecule has 0 unspecified atom stereocenters. The van der Waals surface area contributed by atoms with Crippen LogP contribution in [0.25, 0.3) is 10.9 Å². The summed E-state index contributed by atoms with van der Waals surface area (Å²) in [6, 6.07) is 7.55. The summed E-state index contributed by atoms with van der Waals surface area (Å²) in [5.41, 5.74) is 2.29. The maximum Gasteiger partial charge on any atom is 0.246 e. The molecular formula is C15H12Br2N4O. The summed E-state index contributed by atoms with van der Waals surface area (Å²) in [6.45, 7) is 2.03. The highest BCUT2D eigenvalue weighted by atomic mass is 79.9. The molecule has 2 heterocycles. The second kappa shape index (κ2) is 6.18. The number of pyridine rings is 1. The Morgan fingerprint density at radius 2 is 2.09 bits per heavy atom. The van der Waals surface area contributed by atoms with E-state index in [1.54, 1.807) is 17.1 Å². The van der Waals surface area contributed by atoms with Gasteiger partial charge in [0.05, 0.1) is 21.4 Å². The molecule has 5 nitrogen and oxygen atoms in total. The number of benzene rings is 1. The monoisotopic (exact) mass is 422 g/mol. The lowest BCUT2D eigenvalue weighted by molar-refractivity contribution is -0.116. The molecule has 0 spiro atoms. The number of amides is 1. The zero-order valence-electron chi connectivity index (χ0n) is 11.7. The van der Waals surface area contributed by atoms with Crippen molar-refractivity contribution < 1.29 is 4.79 Å². The lowest BCUT2D eigenvalue weighted by atomic mass is 10.2. The van der Waals surface area contributed by atoms with Crippen molar-refractivity contribution in [2.45, 2.75) is 13.5 Å². The molecule has 3 rings (SSSR count). The molecule has 0 saturated carbocycles. The van der Waals surface area contributed by atoms with Gasteiger partial charge in [0.15, 0.2) is 0 Å². The van der Waals surface area contributed by atoms with Crippen LogP contribution < -0.4 is 5.32 Å².